The van der Waals surface area contributed by atoms with Crippen LogP contribution in [0.25, 0.3) is 0 Å². The largest absolute Gasteiger partial charge is 0.488 e. The molecule has 1 aromatic heterocycles. The number of hydrogen-bond acceptors (Lipinski definition) is 3. The van der Waals surface area contributed by atoms with Crippen LogP contribution in [0.4, 0.5) is 0 Å². The second-order valence-electron chi connectivity index (χ2n) is 5.42. The van der Waals surface area contributed by atoms with E-state index in [-0.39, 0.29) is 0 Å². The maximum absolute atomic E-state index is 6.04. The molecule has 1 saturated carbocycles. The fourth-order valence-electron chi connectivity index (χ4n) is 2.21. The minimum Gasteiger partial charge on any atom is -0.488 e. The highest BCUT2D eigenvalue weighted by atomic mass is 79.9. The van der Waals surface area contributed by atoms with E-state index < -0.39 is 0 Å². The standard InChI is InChI=1S/C17H20BrNOS/c1-2-15-6-7-16(21-15)11-20-17-8-3-13(18)9-12(17)10-19-14-4-5-14/h3,6-9,14,19H,2,4-5,10-11H2,1H3. The van der Waals surface area contributed by atoms with Crippen LogP contribution in [-0.4, -0.2) is 6.04 Å². The van der Waals surface area contributed by atoms with Crippen molar-refractivity contribution in [2.45, 2.75) is 45.4 Å². The molecule has 1 N–H and O–H groups in total. The summed E-state index contributed by atoms with van der Waals surface area (Å²) in [5.41, 5.74) is 1.23. The SMILES string of the molecule is CCc1ccc(COc2ccc(Br)cc2CNC2CC2)s1. The summed E-state index contributed by atoms with van der Waals surface area (Å²) in [7, 11) is 0. The normalized spacial score (nSPS) is 14.4. The van der Waals surface area contributed by atoms with Crippen molar-refractivity contribution < 1.29 is 4.74 Å². The van der Waals surface area contributed by atoms with Gasteiger partial charge < -0.3 is 10.1 Å². The van der Waals surface area contributed by atoms with Crippen LogP contribution in [-0.2, 0) is 19.6 Å². The third-order valence-electron chi connectivity index (χ3n) is 3.62. The summed E-state index contributed by atoms with van der Waals surface area (Å²) in [5, 5.41) is 3.55. The van der Waals surface area contributed by atoms with Gasteiger partial charge in [0.25, 0.3) is 0 Å². The molecule has 2 aromatic rings. The van der Waals surface area contributed by atoms with Crippen molar-refractivity contribution in [3.8, 4) is 5.75 Å². The molecule has 0 spiro atoms. The van der Waals surface area contributed by atoms with E-state index in [1.165, 1.54) is 28.2 Å². The monoisotopic (exact) mass is 365 g/mol. The summed E-state index contributed by atoms with van der Waals surface area (Å²) in [6, 6.07) is 11.3. The number of benzene rings is 1. The minimum absolute atomic E-state index is 0.655. The zero-order valence-corrected chi connectivity index (χ0v) is 14.6. The van der Waals surface area contributed by atoms with Crippen LogP contribution in [0.5, 0.6) is 5.75 Å². The highest BCUT2D eigenvalue weighted by molar-refractivity contribution is 9.10. The maximum atomic E-state index is 6.04. The highest BCUT2D eigenvalue weighted by Gasteiger charge is 2.20. The summed E-state index contributed by atoms with van der Waals surface area (Å²) in [6.45, 7) is 3.72. The number of aryl methyl sites for hydroxylation is 1. The summed E-state index contributed by atoms with van der Waals surface area (Å²) in [6.07, 6.45) is 3.71. The molecule has 1 aliphatic rings. The van der Waals surface area contributed by atoms with Crippen molar-refractivity contribution in [3.05, 3.63) is 50.1 Å². The van der Waals surface area contributed by atoms with Crippen LogP contribution >= 0.6 is 27.3 Å². The Morgan fingerprint density at radius 1 is 1.24 bits per heavy atom. The lowest BCUT2D eigenvalue weighted by Gasteiger charge is -2.12. The van der Waals surface area contributed by atoms with Crippen molar-refractivity contribution in [2.75, 3.05) is 0 Å². The average molecular weight is 366 g/mol. The topological polar surface area (TPSA) is 21.3 Å². The number of thiophene rings is 1. The highest BCUT2D eigenvalue weighted by Crippen LogP contribution is 2.27. The van der Waals surface area contributed by atoms with Gasteiger partial charge in [0.2, 0.25) is 0 Å². The molecule has 0 amide bonds. The number of rotatable bonds is 7. The van der Waals surface area contributed by atoms with E-state index in [4.69, 9.17) is 4.74 Å². The lowest BCUT2D eigenvalue weighted by atomic mass is 10.2. The fraction of sp³-hybridized carbons (Fsp3) is 0.412. The van der Waals surface area contributed by atoms with Gasteiger partial charge in [-0.25, -0.2) is 0 Å². The number of ether oxygens (including phenoxy) is 1. The molecule has 1 aliphatic carbocycles. The van der Waals surface area contributed by atoms with Crippen LogP contribution in [0.15, 0.2) is 34.8 Å². The Morgan fingerprint density at radius 3 is 2.76 bits per heavy atom. The number of hydrogen-bond donors (Lipinski definition) is 1. The Labute approximate surface area is 138 Å². The fourth-order valence-corrected chi connectivity index (χ4v) is 3.49. The van der Waals surface area contributed by atoms with E-state index in [0.29, 0.717) is 12.6 Å². The van der Waals surface area contributed by atoms with E-state index in [1.807, 2.05) is 17.4 Å². The third kappa shape index (κ3) is 4.31. The second-order valence-corrected chi connectivity index (χ2v) is 7.59. The van der Waals surface area contributed by atoms with Crippen molar-refractivity contribution in [2.24, 2.45) is 0 Å². The Kier molecular flexibility index (Phi) is 4.99. The van der Waals surface area contributed by atoms with Crippen LogP contribution in [0.1, 0.15) is 35.1 Å². The summed E-state index contributed by atoms with van der Waals surface area (Å²) in [5.74, 6) is 0.984. The van der Waals surface area contributed by atoms with Crippen molar-refractivity contribution in [3.63, 3.8) is 0 Å². The number of halogens is 1. The first kappa shape index (κ1) is 15.1. The van der Waals surface area contributed by atoms with Gasteiger partial charge in [0, 0.05) is 32.4 Å². The van der Waals surface area contributed by atoms with E-state index in [9.17, 15) is 0 Å². The maximum Gasteiger partial charge on any atom is 0.124 e. The molecule has 21 heavy (non-hydrogen) atoms. The molecule has 0 aliphatic heterocycles. The Hall–Kier alpha value is -0.840. The van der Waals surface area contributed by atoms with Gasteiger partial charge in [0.15, 0.2) is 0 Å². The predicted molar refractivity (Wildman–Crippen MR) is 92.0 cm³/mol. The van der Waals surface area contributed by atoms with Crippen LogP contribution in [0.3, 0.4) is 0 Å². The molecule has 0 bridgehead atoms. The van der Waals surface area contributed by atoms with Gasteiger partial charge in [-0.15, -0.1) is 11.3 Å². The summed E-state index contributed by atoms with van der Waals surface area (Å²) >= 11 is 5.39. The molecule has 1 aromatic carbocycles. The van der Waals surface area contributed by atoms with Crippen LogP contribution in [0, 0.1) is 0 Å². The molecule has 1 heterocycles. The summed E-state index contributed by atoms with van der Waals surface area (Å²) < 4.78 is 7.14. The predicted octanol–water partition coefficient (Wildman–Crippen LogP) is 4.90. The van der Waals surface area contributed by atoms with Crippen molar-refractivity contribution >= 4 is 27.3 Å². The molecular weight excluding hydrogens is 346 g/mol. The van der Waals surface area contributed by atoms with Gasteiger partial charge in [-0.1, -0.05) is 22.9 Å². The van der Waals surface area contributed by atoms with Gasteiger partial charge in [0.05, 0.1) is 0 Å². The first-order chi connectivity index (χ1) is 10.2. The Balaban J connectivity index is 1.65. The van der Waals surface area contributed by atoms with Gasteiger partial charge in [0.1, 0.15) is 12.4 Å². The second kappa shape index (κ2) is 6.95. The Morgan fingerprint density at radius 2 is 2.05 bits per heavy atom. The van der Waals surface area contributed by atoms with Crippen LogP contribution < -0.4 is 10.1 Å². The molecular formula is C17H20BrNOS. The molecule has 0 radical (unpaired) electrons. The first-order valence-corrected chi connectivity index (χ1v) is 9.07. The van der Waals surface area contributed by atoms with Gasteiger partial charge >= 0.3 is 0 Å². The average Bonchev–Trinajstić information content (AvgIpc) is 3.21. The lowest BCUT2D eigenvalue weighted by molar-refractivity contribution is 0.305. The quantitative estimate of drug-likeness (QED) is 0.752. The molecule has 4 heteroatoms. The van der Waals surface area contributed by atoms with Crippen molar-refractivity contribution in [1.29, 1.82) is 0 Å². The molecule has 0 atom stereocenters. The van der Waals surface area contributed by atoms with Crippen molar-refractivity contribution in [1.82, 2.24) is 5.32 Å². The smallest absolute Gasteiger partial charge is 0.124 e. The van der Waals surface area contributed by atoms with E-state index in [2.05, 4.69) is 52.4 Å². The van der Waals surface area contributed by atoms with E-state index >= 15 is 0 Å². The first-order valence-electron chi connectivity index (χ1n) is 7.47. The van der Waals surface area contributed by atoms with Gasteiger partial charge in [-0.05, 0) is 49.6 Å². The van der Waals surface area contributed by atoms with E-state index in [0.717, 1.165) is 23.2 Å². The zero-order valence-electron chi connectivity index (χ0n) is 12.2. The molecule has 0 unspecified atom stereocenters. The zero-order chi connectivity index (χ0) is 14.7. The molecule has 1 fully saturated rings. The molecule has 3 rings (SSSR count). The number of nitrogens with one attached hydrogen (secondary N) is 1. The minimum atomic E-state index is 0.655. The molecule has 112 valence electrons. The molecule has 0 saturated heterocycles. The summed E-state index contributed by atoms with van der Waals surface area (Å²) in [4.78, 5) is 2.70. The van der Waals surface area contributed by atoms with E-state index in [1.54, 1.807) is 0 Å². The lowest BCUT2D eigenvalue weighted by Crippen LogP contribution is -2.16. The van der Waals surface area contributed by atoms with Crippen LogP contribution in [0.2, 0.25) is 0 Å². The van der Waals surface area contributed by atoms with Gasteiger partial charge in [-0.2, -0.15) is 0 Å². The van der Waals surface area contributed by atoms with Gasteiger partial charge in [-0.3, -0.25) is 0 Å². The molecule has 2 nitrogen and oxygen atoms in total. The third-order valence-corrected chi connectivity index (χ3v) is 5.31. The Bertz CT molecular complexity index is 607.